The monoisotopic (exact) mass is 417 g/mol. The largest absolute Gasteiger partial charge is 0.275 e. The van der Waals surface area contributed by atoms with Gasteiger partial charge in [-0.1, -0.05) is 54.6 Å². The van der Waals surface area contributed by atoms with Crippen LogP contribution >= 0.6 is 7.26 Å². The highest BCUT2D eigenvalue weighted by Gasteiger charge is 2.48. The van der Waals surface area contributed by atoms with Gasteiger partial charge in [0.05, 0.1) is 0 Å². The van der Waals surface area contributed by atoms with Crippen molar-refractivity contribution in [3.05, 3.63) is 91.0 Å². The fraction of sp³-hybridized carbons (Fsp3) is 0.280. The van der Waals surface area contributed by atoms with Gasteiger partial charge in [-0.15, -0.1) is 0 Å². The first-order chi connectivity index (χ1) is 14.9. The molecule has 0 aromatic heterocycles. The van der Waals surface area contributed by atoms with Crippen molar-refractivity contribution in [1.29, 1.82) is 0 Å². The first-order valence-electron chi connectivity index (χ1n) is 10.9. The predicted octanol–water partition coefficient (Wildman–Crippen LogP) is 2.38. The van der Waals surface area contributed by atoms with Crippen LogP contribution in [0.3, 0.4) is 0 Å². The maximum absolute atomic E-state index is 3.83. The number of hydrazine groups is 1. The molecule has 2 fully saturated rings. The van der Waals surface area contributed by atoms with Gasteiger partial charge in [0.15, 0.2) is 0 Å². The Hall–Kier alpha value is -2.07. The molecule has 0 amide bonds. The summed E-state index contributed by atoms with van der Waals surface area (Å²) in [6.07, 6.45) is 4.01. The quantitative estimate of drug-likeness (QED) is 0.539. The highest BCUT2D eigenvalue weighted by molar-refractivity contribution is 7.95. The summed E-state index contributed by atoms with van der Waals surface area (Å²) in [4.78, 5) is 2.50. The first-order valence-corrected chi connectivity index (χ1v) is 12.9. The molecule has 2 aliphatic rings. The third kappa shape index (κ3) is 3.82. The molecule has 3 N–H and O–H groups in total. The molecule has 0 radical (unpaired) electrons. The maximum Gasteiger partial charge on any atom is 0.128 e. The molecule has 0 bridgehead atoms. The van der Waals surface area contributed by atoms with Crippen LogP contribution in [0.15, 0.2) is 91.0 Å². The first kappa shape index (κ1) is 19.9. The molecule has 3 aromatic rings. The Balaban J connectivity index is 1.56. The Morgan fingerprint density at radius 3 is 1.60 bits per heavy atom. The Labute approximate surface area is 180 Å². The molecule has 2 unspecified atom stereocenters. The lowest BCUT2D eigenvalue weighted by Gasteiger charge is -2.30. The van der Waals surface area contributed by atoms with E-state index in [4.69, 9.17) is 0 Å². The molecule has 2 heterocycles. The molecule has 3 aromatic carbocycles. The summed E-state index contributed by atoms with van der Waals surface area (Å²) in [5, 5.41) is 8.11. The lowest BCUT2D eigenvalue weighted by atomic mass is 10.4. The van der Waals surface area contributed by atoms with E-state index >= 15 is 0 Å². The van der Waals surface area contributed by atoms with E-state index in [0.29, 0.717) is 0 Å². The minimum atomic E-state index is -1.84. The third-order valence-electron chi connectivity index (χ3n) is 6.31. The molecule has 2 aliphatic heterocycles. The molecule has 5 heteroatoms. The molecule has 154 valence electrons. The van der Waals surface area contributed by atoms with E-state index in [1.807, 2.05) is 0 Å². The second kappa shape index (κ2) is 8.97. The summed E-state index contributed by atoms with van der Waals surface area (Å²) >= 11 is 0. The van der Waals surface area contributed by atoms with Crippen LogP contribution in [0.5, 0.6) is 0 Å². The second-order valence-corrected chi connectivity index (χ2v) is 11.7. The van der Waals surface area contributed by atoms with Gasteiger partial charge < -0.3 is 0 Å². The van der Waals surface area contributed by atoms with Crippen LogP contribution in [-0.4, -0.2) is 36.6 Å². The van der Waals surface area contributed by atoms with Gasteiger partial charge >= 0.3 is 0 Å². The summed E-state index contributed by atoms with van der Waals surface area (Å²) in [6.45, 7) is 2.32. The van der Waals surface area contributed by atoms with Crippen molar-refractivity contribution < 1.29 is 0 Å². The molecule has 0 spiro atoms. The van der Waals surface area contributed by atoms with Crippen LogP contribution in [0.1, 0.15) is 12.8 Å². The van der Waals surface area contributed by atoms with Crippen LogP contribution in [0.4, 0.5) is 0 Å². The topological polar surface area (TPSA) is 39.3 Å². The Morgan fingerprint density at radius 2 is 1.13 bits per heavy atom. The summed E-state index contributed by atoms with van der Waals surface area (Å²) in [7, 11) is -1.84. The SMILES string of the molecule is c1ccc([P+](CC2NNC(N3CCCC3)N2)(c2ccccc2)c2ccccc2)cc1. The van der Waals surface area contributed by atoms with Gasteiger partial charge in [-0.25, -0.2) is 10.9 Å². The zero-order valence-electron chi connectivity index (χ0n) is 17.2. The summed E-state index contributed by atoms with van der Waals surface area (Å²) in [5.74, 6) is 0. The molecule has 2 saturated heterocycles. The molecular weight excluding hydrogens is 387 g/mol. The number of likely N-dealkylation sites (tertiary alicyclic amines) is 1. The number of nitrogens with one attached hydrogen (secondary N) is 3. The zero-order chi connectivity index (χ0) is 20.2. The smallest absolute Gasteiger partial charge is 0.128 e. The summed E-state index contributed by atoms with van der Waals surface area (Å²) in [5.41, 5.74) is 7.08. The van der Waals surface area contributed by atoms with Crippen molar-refractivity contribution in [1.82, 2.24) is 21.1 Å². The minimum absolute atomic E-state index is 0.199. The highest BCUT2D eigenvalue weighted by atomic mass is 31.2. The molecule has 0 saturated carbocycles. The molecule has 5 rings (SSSR count). The van der Waals surface area contributed by atoms with E-state index < -0.39 is 7.26 Å². The normalized spacial score (nSPS) is 22.4. The van der Waals surface area contributed by atoms with Gasteiger partial charge in [0.25, 0.3) is 0 Å². The predicted molar refractivity (Wildman–Crippen MR) is 128 cm³/mol. The molecule has 0 aliphatic carbocycles. The number of nitrogens with zero attached hydrogens (tertiary/aromatic N) is 1. The van der Waals surface area contributed by atoms with E-state index in [9.17, 15) is 0 Å². The number of hydrogen-bond acceptors (Lipinski definition) is 4. The third-order valence-corrected chi connectivity index (χ3v) is 10.8. The van der Waals surface area contributed by atoms with E-state index in [-0.39, 0.29) is 12.5 Å². The zero-order valence-corrected chi connectivity index (χ0v) is 18.1. The van der Waals surface area contributed by atoms with E-state index in [2.05, 4.69) is 112 Å². The van der Waals surface area contributed by atoms with E-state index in [0.717, 1.165) is 19.3 Å². The minimum Gasteiger partial charge on any atom is -0.275 e. The van der Waals surface area contributed by atoms with Crippen LogP contribution in [0.2, 0.25) is 0 Å². The number of hydrogen-bond donors (Lipinski definition) is 3. The molecule has 30 heavy (non-hydrogen) atoms. The lowest BCUT2D eigenvalue weighted by Crippen LogP contribution is -2.49. The van der Waals surface area contributed by atoms with Crippen molar-refractivity contribution in [3.8, 4) is 0 Å². The van der Waals surface area contributed by atoms with Crippen molar-refractivity contribution in [2.45, 2.75) is 25.3 Å². The summed E-state index contributed by atoms with van der Waals surface area (Å²) in [6, 6.07) is 33.3. The van der Waals surface area contributed by atoms with Gasteiger partial charge in [-0.3, -0.25) is 10.2 Å². The summed E-state index contributed by atoms with van der Waals surface area (Å²) < 4.78 is 0. The van der Waals surface area contributed by atoms with Crippen LogP contribution in [0, 0.1) is 0 Å². The van der Waals surface area contributed by atoms with E-state index in [1.165, 1.54) is 28.8 Å². The Kier molecular flexibility index (Phi) is 5.94. The average molecular weight is 418 g/mol. The molecular formula is C25H30N4P+. The van der Waals surface area contributed by atoms with Gasteiger partial charge in [0.2, 0.25) is 0 Å². The fourth-order valence-corrected chi connectivity index (χ4v) is 9.15. The maximum atomic E-state index is 3.83. The Morgan fingerprint density at radius 1 is 0.667 bits per heavy atom. The molecule has 4 nitrogen and oxygen atoms in total. The van der Waals surface area contributed by atoms with Gasteiger partial charge in [0.1, 0.15) is 41.8 Å². The second-order valence-electron chi connectivity index (χ2n) is 8.15. The van der Waals surface area contributed by atoms with Crippen molar-refractivity contribution in [3.63, 3.8) is 0 Å². The van der Waals surface area contributed by atoms with Crippen LogP contribution < -0.4 is 32.1 Å². The van der Waals surface area contributed by atoms with Gasteiger partial charge in [-0.2, -0.15) is 0 Å². The van der Waals surface area contributed by atoms with E-state index in [1.54, 1.807) is 0 Å². The molecule has 2 atom stereocenters. The van der Waals surface area contributed by atoms with Crippen LogP contribution in [-0.2, 0) is 0 Å². The standard InChI is InChI=1S/C25H30N4P/c1-4-12-21(13-5-1)30(22-14-6-2-7-15-22,23-16-8-3-9-17-23)20-24-26-25(28-27-24)29-18-10-11-19-29/h1-9,12-17,24-28H,10-11,18-20H2/q+1. The average Bonchev–Trinajstić information content (AvgIpc) is 3.51. The van der Waals surface area contributed by atoms with Gasteiger partial charge in [0, 0.05) is 13.1 Å². The van der Waals surface area contributed by atoms with Crippen molar-refractivity contribution >= 4 is 23.2 Å². The Bertz CT molecular complexity index is 832. The van der Waals surface area contributed by atoms with Crippen molar-refractivity contribution in [2.24, 2.45) is 0 Å². The van der Waals surface area contributed by atoms with Crippen molar-refractivity contribution in [2.75, 3.05) is 19.3 Å². The number of rotatable bonds is 6. The fourth-order valence-electron chi connectivity index (χ4n) is 4.83. The number of benzene rings is 3. The van der Waals surface area contributed by atoms with Crippen LogP contribution in [0.25, 0.3) is 0 Å². The van der Waals surface area contributed by atoms with Gasteiger partial charge in [-0.05, 0) is 49.2 Å². The highest BCUT2D eigenvalue weighted by Crippen LogP contribution is 2.55. The lowest BCUT2D eigenvalue weighted by molar-refractivity contribution is 0.197.